The normalized spacial score (nSPS) is 10.9. The van der Waals surface area contributed by atoms with E-state index in [0.717, 1.165) is 5.56 Å². The first-order chi connectivity index (χ1) is 12.7. The number of halogens is 4. The van der Waals surface area contributed by atoms with Gasteiger partial charge in [0.05, 0.1) is 25.8 Å². The fourth-order valence-corrected chi connectivity index (χ4v) is 3.19. The van der Waals surface area contributed by atoms with Crippen LogP contribution in [-0.4, -0.2) is 12.5 Å². The van der Waals surface area contributed by atoms with Gasteiger partial charge >= 0.3 is 5.63 Å². The van der Waals surface area contributed by atoms with Crippen molar-refractivity contribution in [1.29, 1.82) is 0 Å². The minimum atomic E-state index is -0.489. The first kappa shape index (κ1) is 19.8. The number of benzene rings is 2. The van der Waals surface area contributed by atoms with Crippen LogP contribution in [0.2, 0.25) is 20.1 Å². The molecule has 2 aromatic carbocycles. The molecule has 1 N–H and O–H groups in total. The van der Waals surface area contributed by atoms with Crippen LogP contribution < -0.4 is 15.7 Å². The standard InChI is InChI=1S/C18H11Cl4NO4/c1-8-2-18(25)27-15-6-16(13(22)3-9(8)15)26-7-17(24)23-14-5-11(20)10(19)4-12(14)21/h2-6H,7H2,1H3,(H,23,24). The van der Waals surface area contributed by atoms with Gasteiger partial charge in [-0.15, -0.1) is 0 Å². The molecule has 0 unspecified atom stereocenters. The molecule has 0 saturated carbocycles. The molecular formula is C18H11Cl4NO4. The van der Waals surface area contributed by atoms with Crippen molar-refractivity contribution in [3.8, 4) is 5.75 Å². The lowest BCUT2D eigenvalue weighted by Crippen LogP contribution is -2.20. The topological polar surface area (TPSA) is 68.5 Å². The van der Waals surface area contributed by atoms with Crippen molar-refractivity contribution in [2.24, 2.45) is 0 Å². The Morgan fingerprint density at radius 1 is 1.00 bits per heavy atom. The second kappa shape index (κ2) is 7.98. The van der Waals surface area contributed by atoms with Crippen LogP contribution in [0.15, 0.2) is 39.5 Å². The summed E-state index contributed by atoms with van der Waals surface area (Å²) in [5.74, 6) is -0.287. The maximum Gasteiger partial charge on any atom is 0.336 e. The molecule has 3 aromatic rings. The van der Waals surface area contributed by atoms with Gasteiger partial charge in [-0.3, -0.25) is 4.79 Å². The molecule has 0 fully saturated rings. The Bertz CT molecular complexity index is 1110. The summed E-state index contributed by atoms with van der Waals surface area (Å²) in [7, 11) is 0. The molecule has 9 heteroatoms. The van der Waals surface area contributed by atoms with E-state index in [1.54, 1.807) is 13.0 Å². The number of hydrogen-bond donors (Lipinski definition) is 1. The molecule has 0 aliphatic carbocycles. The zero-order valence-corrected chi connectivity index (χ0v) is 16.8. The molecule has 0 atom stereocenters. The number of nitrogens with one attached hydrogen (secondary N) is 1. The van der Waals surface area contributed by atoms with Crippen molar-refractivity contribution in [2.45, 2.75) is 6.92 Å². The maximum atomic E-state index is 12.1. The molecule has 0 radical (unpaired) electrons. The second-order valence-corrected chi connectivity index (χ2v) is 7.24. The van der Waals surface area contributed by atoms with Crippen molar-refractivity contribution in [3.05, 3.63) is 66.4 Å². The van der Waals surface area contributed by atoms with Gasteiger partial charge in [0.1, 0.15) is 11.3 Å². The highest BCUT2D eigenvalue weighted by molar-refractivity contribution is 6.44. The van der Waals surface area contributed by atoms with Gasteiger partial charge in [0, 0.05) is 17.5 Å². The molecule has 0 saturated heterocycles. The van der Waals surface area contributed by atoms with Crippen molar-refractivity contribution in [2.75, 3.05) is 11.9 Å². The molecule has 3 rings (SSSR count). The number of rotatable bonds is 4. The number of fused-ring (bicyclic) bond motifs is 1. The van der Waals surface area contributed by atoms with E-state index in [2.05, 4.69) is 5.32 Å². The summed E-state index contributed by atoms with van der Waals surface area (Å²) < 4.78 is 10.6. The molecule has 140 valence electrons. The van der Waals surface area contributed by atoms with Crippen molar-refractivity contribution in [1.82, 2.24) is 0 Å². The van der Waals surface area contributed by atoms with E-state index in [0.29, 0.717) is 16.7 Å². The molecule has 0 aliphatic heterocycles. The smallest absolute Gasteiger partial charge is 0.336 e. The quantitative estimate of drug-likeness (QED) is 0.410. The highest BCUT2D eigenvalue weighted by Crippen LogP contribution is 2.33. The third-order valence-electron chi connectivity index (χ3n) is 3.65. The van der Waals surface area contributed by atoms with E-state index in [1.165, 1.54) is 24.3 Å². The van der Waals surface area contributed by atoms with Crippen LogP contribution in [0.3, 0.4) is 0 Å². The summed E-state index contributed by atoms with van der Waals surface area (Å²) in [4.78, 5) is 23.6. The number of carbonyl (C=O) groups excluding carboxylic acids is 1. The van der Waals surface area contributed by atoms with Gasteiger partial charge in [0.2, 0.25) is 0 Å². The van der Waals surface area contributed by atoms with E-state index in [4.69, 9.17) is 55.6 Å². The van der Waals surface area contributed by atoms with Gasteiger partial charge in [-0.05, 0) is 30.7 Å². The van der Waals surface area contributed by atoms with Crippen LogP contribution in [0.1, 0.15) is 5.56 Å². The van der Waals surface area contributed by atoms with E-state index in [9.17, 15) is 9.59 Å². The molecule has 1 amide bonds. The summed E-state index contributed by atoms with van der Waals surface area (Å²) in [6.45, 7) is 1.42. The minimum absolute atomic E-state index is 0.202. The fraction of sp³-hybridized carbons (Fsp3) is 0.111. The number of hydrogen-bond acceptors (Lipinski definition) is 4. The number of amides is 1. The Balaban J connectivity index is 1.76. The Hall–Kier alpha value is -1.92. The lowest BCUT2D eigenvalue weighted by Gasteiger charge is -2.11. The first-order valence-electron chi connectivity index (χ1n) is 7.56. The molecule has 1 aromatic heterocycles. The molecule has 0 bridgehead atoms. The van der Waals surface area contributed by atoms with Crippen molar-refractivity contribution >= 4 is 69.0 Å². The van der Waals surface area contributed by atoms with Crippen LogP contribution in [0, 0.1) is 6.92 Å². The predicted molar refractivity (Wildman–Crippen MR) is 108 cm³/mol. The first-order valence-corrected chi connectivity index (χ1v) is 9.07. The summed E-state index contributed by atoms with van der Waals surface area (Å²) >= 11 is 24.0. The van der Waals surface area contributed by atoms with Crippen LogP contribution in [0.4, 0.5) is 5.69 Å². The average molecular weight is 447 g/mol. The average Bonchev–Trinajstić information content (AvgIpc) is 2.58. The summed E-state index contributed by atoms with van der Waals surface area (Å²) in [6, 6.07) is 7.30. The monoisotopic (exact) mass is 445 g/mol. The summed E-state index contributed by atoms with van der Waals surface area (Å²) in [5, 5.41) is 4.28. The highest BCUT2D eigenvalue weighted by Gasteiger charge is 2.13. The van der Waals surface area contributed by atoms with Gasteiger partial charge in [0.25, 0.3) is 5.91 Å². The molecule has 0 spiro atoms. The summed E-state index contributed by atoms with van der Waals surface area (Å²) in [6.07, 6.45) is 0. The lowest BCUT2D eigenvalue weighted by molar-refractivity contribution is -0.118. The van der Waals surface area contributed by atoms with Crippen molar-refractivity contribution < 1.29 is 13.9 Å². The van der Waals surface area contributed by atoms with E-state index < -0.39 is 11.5 Å². The molecule has 1 heterocycles. The molecule has 27 heavy (non-hydrogen) atoms. The van der Waals surface area contributed by atoms with E-state index >= 15 is 0 Å². The fourth-order valence-electron chi connectivity index (χ4n) is 2.38. The minimum Gasteiger partial charge on any atom is -0.482 e. The molecule has 5 nitrogen and oxygen atoms in total. The van der Waals surface area contributed by atoms with E-state index in [-0.39, 0.29) is 32.4 Å². The third-order valence-corrected chi connectivity index (χ3v) is 4.98. The summed E-state index contributed by atoms with van der Waals surface area (Å²) in [5.41, 5.74) is 0.847. The predicted octanol–water partition coefficient (Wildman–Crippen LogP) is 5.73. The van der Waals surface area contributed by atoms with Gasteiger partial charge in [-0.1, -0.05) is 46.4 Å². The zero-order valence-electron chi connectivity index (χ0n) is 13.7. The molecular weight excluding hydrogens is 436 g/mol. The highest BCUT2D eigenvalue weighted by atomic mass is 35.5. The maximum absolute atomic E-state index is 12.1. The Morgan fingerprint density at radius 2 is 1.70 bits per heavy atom. The van der Waals surface area contributed by atoms with Crippen molar-refractivity contribution in [3.63, 3.8) is 0 Å². The number of anilines is 1. The Morgan fingerprint density at radius 3 is 2.44 bits per heavy atom. The van der Waals surface area contributed by atoms with Gasteiger partial charge in [-0.2, -0.15) is 0 Å². The van der Waals surface area contributed by atoms with Crippen LogP contribution in [0.25, 0.3) is 11.0 Å². The van der Waals surface area contributed by atoms with Gasteiger partial charge in [-0.25, -0.2) is 4.79 Å². The largest absolute Gasteiger partial charge is 0.482 e. The molecule has 0 aliphatic rings. The number of ether oxygens (including phenoxy) is 1. The SMILES string of the molecule is Cc1cc(=O)oc2cc(OCC(=O)Nc3cc(Cl)c(Cl)cc3Cl)c(Cl)cc12. The van der Waals surface area contributed by atoms with Crippen LogP contribution >= 0.6 is 46.4 Å². The van der Waals surface area contributed by atoms with Crippen LogP contribution in [-0.2, 0) is 4.79 Å². The van der Waals surface area contributed by atoms with Gasteiger partial charge < -0.3 is 14.5 Å². The Kier molecular flexibility index (Phi) is 5.86. The Labute approximate surface area is 173 Å². The van der Waals surface area contributed by atoms with Crippen LogP contribution in [0.5, 0.6) is 5.75 Å². The number of carbonyl (C=O) groups is 1. The lowest BCUT2D eigenvalue weighted by atomic mass is 10.1. The number of aryl methyl sites for hydroxylation is 1. The zero-order chi connectivity index (χ0) is 19.7. The van der Waals surface area contributed by atoms with E-state index in [1.807, 2.05) is 0 Å². The van der Waals surface area contributed by atoms with Gasteiger partial charge in [0.15, 0.2) is 6.61 Å². The second-order valence-electron chi connectivity index (χ2n) is 5.61. The third kappa shape index (κ3) is 4.50.